The molecule has 0 aliphatic carbocycles. The second-order valence-corrected chi connectivity index (χ2v) is 8.87. The first-order valence-electron chi connectivity index (χ1n) is 7.64. The number of nitrogens with one attached hydrogen (secondary N) is 1. The van der Waals surface area contributed by atoms with Crippen molar-refractivity contribution in [3.8, 4) is 0 Å². The van der Waals surface area contributed by atoms with E-state index in [1.807, 2.05) is 19.1 Å². The lowest BCUT2D eigenvalue weighted by molar-refractivity contribution is 0.0926. The first-order valence-corrected chi connectivity index (χ1v) is 10.1. The number of sulfone groups is 1. The Morgan fingerprint density at radius 3 is 2.52 bits per heavy atom. The summed E-state index contributed by atoms with van der Waals surface area (Å²) in [6.07, 6.45) is 1.40. The van der Waals surface area contributed by atoms with Crippen molar-refractivity contribution in [3.05, 3.63) is 77.1 Å². The Labute approximate surface area is 150 Å². The predicted octanol–water partition coefficient (Wildman–Crippen LogP) is 3.59. The van der Waals surface area contributed by atoms with Crippen LogP contribution in [0.15, 0.2) is 68.8 Å². The maximum absolute atomic E-state index is 13.0. The molecule has 3 aromatic rings. The molecule has 1 amide bonds. The van der Waals surface area contributed by atoms with Crippen LogP contribution in [0.2, 0.25) is 0 Å². The van der Waals surface area contributed by atoms with E-state index in [0.29, 0.717) is 5.56 Å². The van der Waals surface area contributed by atoms with Gasteiger partial charge in [0.25, 0.3) is 5.91 Å². The second-order valence-electron chi connectivity index (χ2n) is 5.56. The van der Waals surface area contributed by atoms with Gasteiger partial charge in [-0.05, 0) is 36.1 Å². The predicted molar refractivity (Wildman–Crippen MR) is 96.5 cm³/mol. The van der Waals surface area contributed by atoms with Crippen LogP contribution >= 0.6 is 11.3 Å². The van der Waals surface area contributed by atoms with Crippen LogP contribution in [0.3, 0.4) is 0 Å². The van der Waals surface area contributed by atoms with Gasteiger partial charge in [-0.1, -0.05) is 35.9 Å². The molecule has 7 heteroatoms. The van der Waals surface area contributed by atoms with Crippen LogP contribution in [-0.4, -0.2) is 20.9 Å². The highest BCUT2D eigenvalue weighted by molar-refractivity contribution is 7.93. The van der Waals surface area contributed by atoms with E-state index in [1.54, 1.807) is 35.7 Å². The number of furan rings is 1. The summed E-state index contributed by atoms with van der Waals surface area (Å²) >= 11 is 1.17. The van der Waals surface area contributed by atoms with Crippen molar-refractivity contribution in [2.75, 3.05) is 6.54 Å². The van der Waals surface area contributed by atoms with Gasteiger partial charge in [0.2, 0.25) is 0 Å². The van der Waals surface area contributed by atoms with E-state index < -0.39 is 21.0 Å². The number of amides is 1. The van der Waals surface area contributed by atoms with Crippen molar-refractivity contribution in [2.24, 2.45) is 0 Å². The molecule has 0 spiro atoms. The lowest BCUT2D eigenvalue weighted by atomic mass is 10.1. The molecule has 1 atom stereocenters. The number of hydrogen-bond donors (Lipinski definition) is 1. The molecular weight excluding hydrogens is 358 g/mol. The molecule has 0 fully saturated rings. The molecule has 0 aliphatic heterocycles. The molecule has 0 aliphatic rings. The maximum atomic E-state index is 13.0. The normalized spacial score (nSPS) is 12.7. The van der Waals surface area contributed by atoms with Gasteiger partial charge in [-0.2, -0.15) is 0 Å². The number of rotatable bonds is 6. The summed E-state index contributed by atoms with van der Waals surface area (Å²) in [6, 6.07) is 13.7. The summed E-state index contributed by atoms with van der Waals surface area (Å²) in [5.74, 6) is -0.292. The van der Waals surface area contributed by atoms with E-state index in [0.717, 1.165) is 5.56 Å². The third-order valence-corrected chi connectivity index (χ3v) is 7.32. The Hall–Kier alpha value is -2.38. The summed E-state index contributed by atoms with van der Waals surface area (Å²) in [5, 5.41) is 3.51. The maximum Gasteiger partial charge on any atom is 0.287 e. The minimum atomic E-state index is -3.61. The van der Waals surface area contributed by atoms with Gasteiger partial charge in [0.05, 0.1) is 6.26 Å². The largest absolute Gasteiger partial charge is 0.459 e. The topological polar surface area (TPSA) is 76.4 Å². The van der Waals surface area contributed by atoms with Gasteiger partial charge in [-0.3, -0.25) is 4.79 Å². The molecule has 2 heterocycles. The standard InChI is InChI=1S/C18H17NO4S2/c1-13-6-8-14(9-7-13)16(25(21,22)17-5-3-11-24-17)12-19-18(20)15-4-2-10-23-15/h2-11,16H,12H2,1H3,(H,19,20)/t16-/m0/s1. The fourth-order valence-corrected chi connectivity index (χ4v) is 5.30. The third-order valence-electron chi connectivity index (χ3n) is 3.79. The average molecular weight is 375 g/mol. The number of carbonyl (C=O) groups is 1. The van der Waals surface area contributed by atoms with Crippen LogP contribution in [0.4, 0.5) is 0 Å². The van der Waals surface area contributed by atoms with E-state index in [4.69, 9.17) is 4.42 Å². The van der Waals surface area contributed by atoms with E-state index in [2.05, 4.69) is 5.32 Å². The average Bonchev–Trinajstić information content (AvgIpc) is 3.30. The second kappa shape index (κ2) is 7.25. The SMILES string of the molecule is Cc1ccc([C@H](CNC(=O)c2ccco2)S(=O)(=O)c2cccs2)cc1. The van der Waals surface area contributed by atoms with Crippen molar-refractivity contribution in [1.82, 2.24) is 5.32 Å². The lowest BCUT2D eigenvalue weighted by Gasteiger charge is -2.18. The van der Waals surface area contributed by atoms with Crippen LogP contribution < -0.4 is 5.32 Å². The minimum absolute atomic E-state index is 0.0389. The Morgan fingerprint density at radius 2 is 1.92 bits per heavy atom. The molecular formula is C18H17NO4S2. The van der Waals surface area contributed by atoms with Crippen LogP contribution in [0.25, 0.3) is 0 Å². The Morgan fingerprint density at radius 1 is 1.16 bits per heavy atom. The van der Waals surface area contributed by atoms with Gasteiger partial charge in [-0.25, -0.2) is 8.42 Å². The molecule has 0 saturated heterocycles. The van der Waals surface area contributed by atoms with Crippen molar-refractivity contribution in [2.45, 2.75) is 16.4 Å². The van der Waals surface area contributed by atoms with Crippen LogP contribution in [-0.2, 0) is 9.84 Å². The van der Waals surface area contributed by atoms with Gasteiger partial charge in [0, 0.05) is 6.54 Å². The fraction of sp³-hybridized carbons (Fsp3) is 0.167. The fourth-order valence-electron chi connectivity index (χ4n) is 2.43. The summed E-state index contributed by atoms with van der Waals surface area (Å²) < 4.78 is 31.4. The van der Waals surface area contributed by atoms with Crippen molar-refractivity contribution >= 4 is 27.1 Å². The van der Waals surface area contributed by atoms with Crippen molar-refractivity contribution < 1.29 is 17.6 Å². The Kier molecular flexibility index (Phi) is 5.06. The molecule has 0 bridgehead atoms. The molecule has 3 rings (SSSR count). The Bertz CT molecular complexity index is 928. The lowest BCUT2D eigenvalue weighted by Crippen LogP contribution is -2.31. The van der Waals surface area contributed by atoms with E-state index in [1.165, 1.54) is 23.7 Å². The van der Waals surface area contributed by atoms with Gasteiger partial charge in [0.1, 0.15) is 9.46 Å². The highest BCUT2D eigenvalue weighted by Gasteiger charge is 2.30. The third kappa shape index (κ3) is 3.83. The van der Waals surface area contributed by atoms with Crippen molar-refractivity contribution in [1.29, 1.82) is 0 Å². The molecule has 1 aromatic carbocycles. The highest BCUT2D eigenvalue weighted by atomic mass is 32.2. The quantitative estimate of drug-likeness (QED) is 0.714. The zero-order valence-electron chi connectivity index (χ0n) is 13.5. The van der Waals surface area contributed by atoms with E-state index in [-0.39, 0.29) is 16.5 Å². The van der Waals surface area contributed by atoms with E-state index in [9.17, 15) is 13.2 Å². The molecule has 5 nitrogen and oxygen atoms in total. The summed E-state index contributed by atoms with van der Waals surface area (Å²) in [4.78, 5) is 12.1. The summed E-state index contributed by atoms with van der Waals surface area (Å²) in [5.41, 5.74) is 1.68. The molecule has 1 N–H and O–H groups in total. The first kappa shape index (κ1) is 17.4. The minimum Gasteiger partial charge on any atom is -0.459 e. The first-order chi connectivity index (χ1) is 12.0. The van der Waals surface area contributed by atoms with Gasteiger partial charge >= 0.3 is 0 Å². The summed E-state index contributed by atoms with van der Waals surface area (Å²) in [7, 11) is -3.61. The number of thiophene rings is 1. The van der Waals surface area contributed by atoms with Gasteiger partial charge < -0.3 is 9.73 Å². The molecule has 0 unspecified atom stereocenters. The monoisotopic (exact) mass is 375 g/mol. The molecule has 0 radical (unpaired) electrons. The van der Waals surface area contributed by atoms with Gasteiger partial charge in [0.15, 0.2) is 15.6 Å². The number of carbonyl (C=O) groups excluding carboxylic acids is 1. The van der Waals surface area contributed by atoms with Crippen LogP contribution in [0.5, 0.6) is 0 Å². The zero-order chi connectivity index (χ0) is 17.9. The molecule has 130 valence electrons. The highest BCUT2D eigenvalue weighted by Crippen LogP contribution is 2.31. The van der Waals surface area contributed by atoms with Crippen LogP contribution in [0, 0.1) is 6.92 Å². The Balaban J connectivity index is 1.89. The van der Waals surface area contributed by atoms with Gasteiger partial charge in [-0.15, -0.1) is 11.3 Å². The summed E-state index contributed by atoms with van der Waals surface area (Å²) in [6.45, 7) is 1.90. The molecule has 0 saturated carbocycles. The zero-order valence-corrected chi connectivity index (χ0v) is 15.1. The van der Waals surface area contributed by atoms with E-state index >= 15 is 0 Å². The van der Waals surface area contributed by atoms with Crippen LogP contribution in [0.1, 0.15) is 26.9 Å². The molecule has 2 aromatic heterocycles. The number of benzene rings is 1. The number of hydrogen-bond acceptors (Lipinski definition) is 5. The molecule has 25 heavy (non-hydrogen) atoms. The number of aryl methyl sites for hydroxylation is 1. The van der Waals surface area contributed by atoms with Crippen molar-refractivity contribution in [3.63, 3.8) is 0 Å². The smallest absolute Gasteiger partial charge is 0.287 e.